The minimum absolute atomic E-state index is 0.674. The first-order valence-corrected chi connectivity index (χ1v) is 8.76. The number of hydrogen-bond acceptors (Lipinski definition) is 4. The largest absolute Gasteiger partial charge is 0.444 e. The van der Waals surface area contributed by atoms with Gasteiger partial charge in [0.2, 0.25) is 0 Å². The molecule has 9 heteroatoms. The van der Waals surface area contributed by atoms with E-state index in [1.165, 1.54) is 0 Å². The van der Waals surface area contributed by atoms with Gasteiger partial charge in [0.15, 0.2) is 0 Å². The van der Waals surface area contributed by atoms with Crippen molar-refractivity contribution in [3.8, 4) is 6.07 Å². The maximum absolute atomic E-state index is 13.8. The van der Waals surface area contributed by atoms with Crippen LogP contribution >= 0.6 is 0 Å². The second-order valence-electron chi connectivity index (χ2n) is 7.84. The molecule has 0 aliphatic carbocycles. The summed E-state index contributed by atoms with van der Waals surface area (Å²) in [6.45, 7) is 9.14. The van der Waals surface area contributed by atoms with Crippen LogP contribution in [0.1, 0.15) is 48.0 Å². The minimum Gasteiger partial charge on any atom is -0.444 e. The summed E-state index contributed by atoms with van der Waals surface area (Å²) in [5, 5.41) is 9.33. The van der Waals surface area contributed by atoms with Crippen LogP contribution in [0, 0.1) is 11.3 Å². The summed E-state index contributed by atoms with van der Waals surface area (Å²) < 4.78 is 46.9. The number of carbonyl (C=O) groups excluding carboxylic acids is 1. The number of hydrogen-bond donors (Lipinski definition) is 1. The molecule has 0 aromatic heterocycles. The second kappa shape index (κ2) is 6.92. The first kappa shape index (κ1) is 20.8. The van der Waals surface area contributed by atoms with E-state index in [1.54, 1.807) is 41.5 Å². The first-order valence-electron chi connectivity index (χ1n) is 7.61. The van der Waals surface area contributed by atoms with Gasteiger partial charge in [0.25, 0.3) is 5.92 Å². The van der Waals surface area contributed by atoms with E-state index in [2.05, 4.69) is 4.72 Å². The molecule has 1 aliphatic heterocycles. The molecule has 3 atom stereocenters. The molecule has 1 fully saturated rings. The van der Waals surface area contributed by atoms with Crippen molar-refractivity contribution in [2.45, 2.75) is 76.3 Å². The van der Waals surface area contributed by atoms with Gasteiger partial charge in [0.05, 0.1) is 34.4 Å². The summed E-state index contributed by atoms with van der Waals surface area (Å²) in [6.07, 6.45) is -1.59. The van der Waals surface area contributed by atoms with Crippen molar-refractivity contribution in [1.29, 1.82) is 5.26 Å². The molecule has 1 saturated heterocycles. The third-order valence-corrected chi connectivity index (χ3v) is 4.83. The van der Waals surface area contributed by atoms with Crippen molar-refractivity contribution >= 4 is 17.1 Å². The predicted molar refractivity (Wildman–Crippen MR) is 86.7 cm³/mol. The van der Waals surface area contributed by atoms with Crippen LogP contribution in [-0.2, 0) is 15.7 Å². The van der Waals surface area contributed by atoms with Crippen LogP contribution in [0.15, 0.2) is 0 Å². The van der Waals surface area contributed by atoms with E-state index < -0.39 is 58.4 Å². The summed E-state index contributed by atoms with van der Waals surface area (Å²) in [7, 11) is -1.63. The fourth-order valence-electron chi connectivity index (χ4n) is 2.15. The van der Waals surface area contributed by atoms with E-state index in [9.17, 15) is 23.0 Å². The Hall–Kier alpha value is -1.27. The third kappa shape index (κ3) is 5.67. The van der Waals surface area contributed by atoms with Gasteiger partial charge in [-0.05, 0) is 41.5 Å². The molecule has 0 aromatic rings. The van der Waals surface area contributed by atoms with Gasteiger partial charge in [-0.1, -0.05) is 0 Å². The molecule has 24 heavy (non-hydrogen) atoms. The highest BCUT2D eigenvalue weighted by molar-refractivity contribution is 7.84. The van der Waals surface area contributed by atoms with Crippen LogP contribution in [0.5, 0.6) is 0 Å². The Bertz CT molecular complexity index is 550. The smallest absolute Gasteiger partial charge is 0.410 e. The number of halogens is 2. The van der Waals surface area contributed by atoms with Crippen molar-refractivity contribution in [3.63, 3.8) is 0 Å². The number of nitrogens with one attached hydrogen (secondary N) is 1. The number of nitriles is 1. The number of carbonyl (C=O) groups is 1. The summed E-state index contributed by atoms with van der Waals surface area (Å²) in [5.74, 6) is -3.12. The Morgan fingerprint density at radius 1 is 1.38 bits per heavy atom. The fraction of sp³-hybridized carbons (Fsp3) is 0.867. The molecular formula is C15H25F2N3O3S. The molecule has 1 rings (SSSR count). The number of rotatable bonds is 3. The van der Waals surface area contributed by atoms with Crippen molar-refractivity contribution < 1.29 is 22.5 Å². The summed E-state index contributed by atoms with van der Waals surface area (Å²) >= 11 is 0. The number of alkyl halides is 2. The van der Waals surface area contributed by atoms with E-state index in [0.29, 0.717) is 0 Å². The van der Waals surface area contributed by atoms with Gasteiger partial charge >= 0.3 is 6.09 Å². The summed E-state index contributed by atoms with van der Waals surface area (Å²) in [4.78, 5) is 13.1. The maximum atomic E-state index is 13.8. The summed E-state index contributed by atoms with van der Waals surface area (Å²) in [6, 6.07) is -0.463. The molecule has 138 valence electrons. The predicted octanol–water partition coefficient (Wildman–Crippen LogP) is 2.58. The van der Waals surface area contributed by atoms with Gasteiger partial charge in [-0.25, -0.2) is 22.5 Å². The average Bonchev–Trinajstić information content (AvgIpc) is 2.68. The summed E-state index contributed by atoms with van der Waals surface area (Å²) in [5.41, 5.74) is -0.844. The van der Waals surface area contributed by atoms with E-state index in [-0.39, 0.29) is 0 Å². The van der Waals surface area contributed by atoms with Crippen LogP contribution in [0.4, 0.5) is 13.6 Å². The van der Waals surface area contributed by atoms with Gasteiger partial charge in [-0.2, -0.15) is 5.26 Å². The Kier molecular flexibility index (Phi) is 5.99. The lowest BCUT2D eigenvalue weighted by Crippen LogP contribution is -2.52. The Morgan fingerprint density at radius 2 is 1.92 bits per heavy atom. The average molecular weight is 365 g/mol. The minimum atomic E-state index is -3.12. The zero-order chi connectivity index (χ0) is 18.9. The standard InChI is InChI=1S/C15H25F2N3O3S/c1-13(2,3)23-12(21)20-9-15(16,17)7-11(20)10(8-18)19-24(22)14(4,5)6/h10-11,19H,7,9H2,1-6H3/t10?,11-,24?/m0/s1. The number of ether oxygens (including phenoxy) is 1. The molecule has 1 N–H and O–H groups in total. The van der Waals surface area contributed by atoms with Gasteiger partial charge in [0, 0.05) is 6.42 Å². The van der Waals surface area contributed by atoms with Crippen molar-refractivity contribution in [2.75, 3.05) is 6.54 Å². The number of likely N-dealkylation sites (tertiary alicyclic amines) is 1. The fourth-order valence-corrected chi connectivity index (χ4v) is 2.94. The topological polar surface area (TPSA) is 82.4 Å². The highest BCUT2D eigenvalue weighted by Gasteiger charge is 2.51. The van der Waals surface area contributed by atoms with Crippen LogP contribution in [0.3, 0.4) is 0 Å². The lowest BCUT2D eigenvalue weighted by atomic mass is 10.1. The number of amides is 1. The number of nitrogens with zero attached hydrogens (tertiary/aromatic N) is 2. The molecule has 0 radical (unpaired) electrons. The van der Waals surface area contributed by atoms with Gasteiger partial charge in [0.1, 0.15) is 11.6 Å². The lowest BCUT2D eigenvalue weighted by Gasteiger charge is -2.31. The Balaban J connectivity index is 3.01. The highest BCUT2D eigenvalue weighted by Crippen LogP contribution is 2.34. The zero-order valence-electron chi connectivity index (χ0n) is 14.9. The molecule has 0 saturated carbocycles. The van der Waals surface area contributed by atoms with Crippen LogP contribution in [-0.4, -0.2) is 50.1 Å². The van der Waals surface area contributed by atoms with E-state index in [1.807, 2.05) is 6.07 Å². The molecule has 1 heterocycles. The maximum Gasteiger partial charge on any atom is 0.410 e. The Morgan fingerprint density at radius 3 is 2.33 bits per heavy atom. The molecule has 0 bridgehead atoms. The molecule has 0 spiro atoms. The van der Waals surface area contributed by atoms with Crippen molar-refractivity contribution in [1.82, 2.24) is 9.62 Å². The van der Waals surface area contributed by atoms with E-state index in [0.717, 1.165) is 4.90 Å². The third-order valence-electron chi connectivity index (χ3n) is 3.25. The van der Waals surface area contributed by atoms with Crippen LogP contribution in [0.25, 0.3) is 0 Å². The molecule has 0 aromatic carbocycles. The Labute approximate surface area is 144 Å². The van der Waals surface area contributed by atoms with Crippen LogP contribution in [0.2, 0.25) is 0 Å². The quantitative estimate of drug-likeness (QED) is 0.833. The van der Waals surface area contributed by atoms with Gasteiger partial charge in [-0.15, -0.1) is 0 Å². The first-order chi connectivity index (χ1) is 10.7. The van der Waals surface area contributed by atoms with Gasteiger partial charge < -0.3 is 4.74 Å². The van der Waals surface area contributed by atoms with Crippen molar-refractivity contribution in [2.24, 2.45) is 0 Å². The normalized spacial score (nSPS) is 23.5. The lowest BCUT2D eigenvalue weighted by molar-refractivity contribution is -0.00250. The van der Waals surface area contributed by atoms with Crippen molar-refractivity contribution in [3.05, 3.63) is 0 Å². The molecule has 1 aliphatic rings. The van der Waals surface area contributed by atoms with E-state index in [4.69, 9.17) is 4.74 Å². The van der Waals surface area contributed by atoms with Gasteiger partial charge in [-0.3, -0.25) is 4.90 Å². The zero-order valence-corrected chi connectivity index (χ0v) is 15.7. The molecule has 2 unspecified atom stereocenters. The molecule has 6 nitrogen and oxygen atoms in total. The SMILES string of the molecule is CC(C)(C)OC(=O)N1CC(F)(F)C[C@H]1C(C#N)NS(=O)C(C)(C)C. The highest BCUT2D eigenvalue weighted by atomic mass is 32.2. The van der Waals surface area contributed by atoms with Crippen LogP contribution < -0.4 is 4.72 Å². The molecule has 1 amide bonds. The molecular weight excluding hydrogens is 340 g/mol. The van der Waals surface area contributed by atoms with E-state index >= 15 is 0 Å². The monoisotopic (exact) mass is 365 g/mol. The second-order valence-corrected chi connectivity index (χ2v) is 9.84.